The van der Waals surface area contributed by atoms with Crippen LogP contribution in [0.4, 0.5) is 0 Å². The van der Waals surface area contributed by atoms with E-state index in [0.29, 0.717) is 26.1 Å². The van der Waals surface area contributed by atoms with Crippen LogP contribution in [0.1, 0.15) is 90.9 Å². The Labute approximate surface area is 169 Å². The Morgan fingerprint density at radius 2 is 1.07 bits per heavy atom. The van der Waals surface area contributed by atoms with Gasteiger partial charge in [0.05, 0.1) is 13.2 Å². The van der Waals surface area contributed by atoms with Crippen LogP contribution >= 0.6 is 0 Å². The third kappa shape index (κ3) is 7.70. The summed E-state index contributed by atoms with van der Waals surface area (Å²) in [5.41, 5.74) is 0. The van der Waals surface area contributed by atoms with E-state index < -0.39 is 12.2 Å². The molecule has 2 aliphatic rings. The summed E-state index contributed by atoms with van der Waals surface area (Å²) >= 11 is 0. The molecule has 2 rings (SSSR count). The summed E-state index contributed by atoms with van der Waals surface area (Å²) in [6, 6.07) is 0. The molecular weight excluding hydrogens is 360 g/mol. The second kappa shape index (κ2) is 13.2. The molecule has 2 saturated heterocycles. The molecule has 0 N–H and O–H groups in total. The summed E-state index contributed by atoms with van der Waals surface area (Å²) in [7, 11) is 0. The van der Waals surface area contributed by atoms with Crippen LogP contribution in [0.25, 0.3) is 0 Å². The van der Waals surface area contributed by atoms with Gasteiger partial charge in [-0.3, -0.25) is 9.59 Å². The predicted molar refractivity (Wildman–Crippen MR) is 106 cm³/mol. The van der Waals surface area contributed by atoms with Gasteiger partial charge in [0.2, 0.25) is 0 Å². The maximum atomic E-state index is 12.1. The number of fused-ring (bicyclic) bond motifs is 1. The number of ether oxygens (including phenoxy) is 4. The Balaban J connectivity index is 1.63. The molecular formula is C22H38O6. The van der Waals surface area contributed by atoms with Gasteiger partial charge in [0.1, 0.15) is 12.2 Å². The fourth-order valence-corrected chi connectivity index (χ4v) is 3.83. The second-order valence-corrected chi connectivity index (χ2v) is 7.98. The van der Waals surface area contributed by atoms with Gasteiger partial charge in [0.15, 0.2) is 12.2 Å². The Kier molecular flexibility index (Phi) is 10.9. The molecule has 0 unspecified atom stereocenters. The molecule has 28 heavy (non-hydrogen) atoms. The number of esters is 2. The minimum Gasteiger partial charge on any atom is -0.457 e. The fourth-order valence-electron chi connectivity index (χ4n) is 3.83. The maximum Gasteiger partial charge on any atom is 0.306 e. The van der Waals surface area contributed by atoms with E-state index in [9.17, 15) is 9.59 Å². The summed E-state index contributed by atoms with van der Waals surface area (Å²) in [5.74, 6) is -0.385. The lowest BCUT2D eigenvalue weighted by molar-refractivity contribution is -0.155. The average Bonchev–Trinajstić information content (AvgIpc) is 3.25. The zero-order valence-corrected chi connectivity index (χ0v) is 17.7. The predicted octanol–water partition coefficient (Wildman–Crippen LogP) is 4.33. The van der Waals surface area contributed by atoms with Gasteiger partial charge < -0.3 is 18.9 Å². The maximum absolute atomic E-state index is 12.1. The lowest BCUT2D eigenvalue weighted by atomic mass is 10.1. The molecule has 0 bridgehead atoms. The highest BCUT2D eigenvalue weighted by Gasteiger charge is 2.51. The molecule has 0 aromatic rings. The van der Waals surface area contributed by atoms with Crippen LogP contribution < -0.4 is 0 Å². The Morgan fingerprint density at radius 1 is 0.679 bits per heavy atom. The molecule has 0 aliphatic carbocycles. The number of hydrogen-bond acceptors (Lipinski definition) is 6. The second-order valence-electron chi connectivity index (χ2n) is 7.98. The molecule has 0 aromatic heterocycles. The number of carbonyl (C=O) groups excluding carboxylic acids is 2. The van der Waals surface area contributed by atoms with Crippen molar-refractivity contribution >= 4 is 11.9 Å². The highest BCUT2D eigenvalue weighted by Crippen LogP contribution is 2.31. The molecule has 162 valence electrons. The summed E-state index contributed by atoms with van der Waals surface area (Å²) in [6.45, 7) is 4.96. The number of carbonyl (C=O) groups is 2. The highest BCUT2D eigenvalue weighted by molar-refractivity contribution is 5.70. The van der Waals surface area contributed by atoms with E-state index >= 15 is 0 Å². The highest BCUT2D eigenvalue weighted by atomic mass is 16.7. The van der Waals surface area contributed by atoms with Gasteiger partial charge in [-0.1, -0.05) is 65.2 Å². The SMILES string of the molecule is CCCCCCCC(=O)O[C@@H]1CO[C@H]2[C@@H]1OC[C@H]2OC(=O)CCCCCCC. The van der Waals surface area contributed by atoms with Crippen LogP contribution in [0.2, 0.25) is 0 Å². The number of unbranched alkanes of at least 4 members (excludes halogenated alkanes) is 8. The first-order chi connectivity index (χ1) is 13.7. The summed E-state index contributed by atoms with van der Waals surface area (Å²) in [4.78, 5) is 24.1. The van der Waals surface area contributed by atoms with Crippen molar-refractivity contribution in [3.05, 3.63) is 0 Å². The van der Waals surface area contributed by atoms with Crippen molar-refractivity contribution in [3.8, 4) is 0 Å². The van der Waals surface area contributed by atoms with Crippen molar-refractivity contribution in [3.63, 3.8) is 0 Å². The minimum absolute atomic E-state index is 0.193. The zero-order valence-electron chi connectivity index (χ0n) is 17.7. The van der Waals surface area contributed by atoms with Crippen LogP contribution in [-0.2, 0) is 28.5 Å². The van der Waals surface area contributed by atoms with E-state index in [4.69, 9.17) is 18.9 Å². The molecule has 2 fully saturated rings. The van der Waals surface area contributed by atoms with Crippen molar-refractivity contribution in [1.29, 1.82) is 0 Å². The van der Waals surface area contributed by atoms with E-state index in [1.165, 1.54) is 25.7 Å². The van der Waals surface area contributed by atoms with Crippen LogP contribution in [0.5, 0.6) is 0 Å². The van der Waals surface area contributed by atoms with Gasteiger partial charge in [0, 0.05) is 12.8 Å². The first-order valence-corrected chi connectivity index (χ1v) is 11.3. The average molecular weight is 399 g/mol. The molecule has 4 atom stereocenters. The molecule has 2 aliphatic heterocycles. The number of hydrogen-bond donors (Lipinski definition) is 0. The standard InChI is InChI=1S/C22H38O6/c1-3-5-7-9-11-13-19(23)27-17-15-25-22-18(16-26-21(17)22)28-20(24)14-12-10-8-6-4-2/h17-18,21-22H,3-16H2,1-2H3/t17-,18-,21-,22-/m1/s1. The monoisotopic (exact) mass is 398 g/mol. The molecule has 0 amide bonds. The molecule has 6 heteroatoms. The van der Waals surface area contributed by atoms with E-state index in [2.05, 4.69) is 13.8 Å². The van der Waals surface area contributed by atoms with Crippen LogP contribution in [0, 0.1) is 0 Å². The normalized spacial score (nSPS) is 26.2. The smallest absolute Gasteiger partial charge is 0.306 e. The van der Waals surface area contributed by atoms with E-state index in [0.717, 1.165) is 38.5 Å². The topological polar surface area (TPSA) is 71.1 Å². The van der Waals surface area contributed by atoms with Crippen molar-refractivity contribution in [2.24, 2.45) is 0 Å². The van der Waals surface area contributed by atoms with E-state index in [1.54, 1.807) is 0 Å². The lowest BCUT2D eigenvalue weighted by Gasteiger charge is -2.17. The molecule has 0 saturated carbocycles. The third-order valence-corrected chi connectivity index (χ3v) is 5.50. The van der Waals surface area contributed by atoms with E-state index in [1.807, 2.05) is 0 Å². The van der Waals surface area contributed by atoms with Gasteiger partial charge >= 0.3 is 11.9 Å². The molecule has 0 spiro atoms. The molecule has 6 nitrogen and oxygen atoms in total. The summed E-state index contributed by atoms with van der Waals surface area (Å²) in [6.07, 6.45) is 10.4. The Hall–Kier alpha value is -1.14. The van der Waals surface area contributed by atoms with Gasteiger partial charge in [-0.25, -0.2) is 0 Å². The van der Waals surface area contributed by atoms with Crippen molar-refractivity contribution in [2.45, 2.75) is 115 Å². The van der Waals surface area contributed by atoms with Gasteiger partial charge in [-0.05, 0) is 12.8 Å². The zero-order chi connectivity index (χ0) is 20.2. The van der Waals surface area contributed by atoms with Gasteiger partial charge in [-0.2, -0.15) is 0 Å². The first-order valence-electron chi connectivity index (χ1n) is 11.3. The minimum atomic E-state index is -0.397. The van der Waals surface area contributed by atoms with Crippen LogP contribution in [-0.4, -0.2) is 49.6 Å². The van der Waals surface area contributed by atoms with Crippen molar-refractivity contribution in [1.82, 2.24) is 0 Å². The first kappa shape index (κ1) is 23.1. The largest absolute Gasteiger partial charge is 0.457 e. The van der Waals surface area contributed by atoms with Crippen molar-refractivity contribution in [2.75, 3.05) is 13.2 Å². The quantitative estimate of drug-likeness (QED) is 0.320. The Morgan fingerprint density at radius 3 is 1.46 bits per heavy atom. The summed E-state index contributed by atoms with van der Waals surface area (Å²) < 4.78 is 22.6. The van der Waals surface area contributed by atoms with Crippen LogP contribution in [0.15, 0.2) is 0 Å². The molecule has 0 radical (unpaired) electrons. The number of rotatable bonds is 14. The van der Waals surface area contributed by atoms with Crippen molar-refractivity contribution < 1.29 is 28.5 Å². The van der Waals surface area contributed by atoms with Gasteiger partial charge in [-0.15, -0.1) is 0 Å². The Bertz CT molecular complexity index is 424. The molecule has 2 heterocycles. The molecule has 0 aromatic carbocycles. The fraction of sp³-hybridized carbons (Fsp3) is 0.909. The van der Waals surface area contributed by atoms with E-state index in [-0.39, 0.29) is 24.1 Å². The lowest BCUT2D eigenvalue weighted by Crippen LogP contribution is -2.35. The van der Waals surface area contributed by atoms with Gasteiger partial charge in [0.25, 0.3) is 0 Å². The third-order valence-electron chi connectivity index (χ3n) is 5.50. The summed E-state index contributed by atoms with van der Waals surface area (Å²) in [5, 5.41) is 0. The van der Waals surface area contributed by atoms with Crippen LogP contribution in [0.3, 0.4) is 0 Å².